The highest BCUT2D eigenvalue weighted by Crippen LogP contribution is 2.36. The van der Waals surface area contributed by atoms with E-state index in [4.69, 9.17) is 26.5 Å². The Hall–Kier alpha value is -2.27. The van der Waals surface area contributed by atoms with Crippen molar-refractivity contribution in [1.82, 2.24) is 5.32 Å². The molecule has 1 saturated heterocycles. The molecule has 24 heavy (non-hydrogen) atoms. The summed E-state index contributed by atoms with van der Waals surface area (Å²) in [6.07, 6.45) is 0.0932. The number of hydrogen-bond donors (Lipinski definition) is 1. The van der Waals surface area contributed by atoms with Crippen LogP contribution in [0.4, 0.5) is 4.39 Å². The predicted octanol–water partition coefficient (Wildman–Crippen LogP) is 3.33. The van der Waals surface area contributed by atoms with E-state index in [9.17, 15) is 4.39 Å². The number of nitrogens with one attached hydrogen (secondary N) is 1. The lowest BCUT2D eigenvalue weighted by atomic mass is 9.81. The van der Waals surface area contributed by atoms with E-state index >= 15 is 0 Å². The molecule has 1 unspecified atom stereocenters. The summed E-state index contributed by atoms with van der Waals surface area (Å²) in [7, 11) is 0. The second-order valence-corrected chi connectivity index (χ2v) is 5.33. The smallest absolute Gasteiger partial charge is 0.231 e. The lowest BCUT2D eigenvalue weighted by molar-refractivity contribution is 0.173. The van der Waals surface area contributed by atoms with Crippen molar-refractivity contribution in [2.45, 2.75) is 12.3 Å². The van der Waals surface area contributed by atoms with Crippen molar-refractivity contribution in [1.29, 1.82) is 0 Å². The van der Waals surface area contributed by atoms with E-state index in [0.29, 0.717) is 0 Å². The van der Waals surface area contributed by atoms with Crippen molar-refractivity contribution in [2.75, 3.05) is 26.4 Å². The molecule has 126 valence electrons. The van der Waals surface area contributed by atoms with Crippen LogP contribution in [-0.4, -0.2) is 26.4 Å². The van der Waals surface area contributed by atoms with E-state index < -0.39 is 61.6 Å². The second kappa shape index (κ2) is 6.69. The van der Waals surface area contributed by atoms with E-state index in [1.54, 1.807) is 0 Å². The lowest BCUT2D eigenvalue weighted by Gasteiger charge is -2.32. The molecule has 2 heterocycles. The highest BCUT2D eigenvalue weighted by atomic mass is 19.1. The molecule has 0 amide bonds. The van der Waals surface area contributed by atoms with Crippen molar-refractivity contribution < 1.29 is 30.9 Å². The number of ether oxygens (including phenoxy) is 3. The topological polar surface area (TPSA) is 39.7 Å². The normalized spacial score (nSPS) is 35.0. The first-order chi connectivity index (χ1) is 15.3. The Morgan fingerprint density at radius 2 is 2.12 bits per heavy atom. The SMILES string of the molecule is [2H]c1c([2H])c(C2CCNC([2H])([2H])[C@]2([2H])COc2ccc3c(c2)OC([2H])([2H])O3)c([2H])c([2H])c1F. The molecule has 0 bridgehead atoms. The molecular weight excluding hydrogens is 309 g/mol. The number of fused-ring (bicyclic) bond motifs is 1. The van der Waals surface area contributed by atoms with Crippen LogP contribution in [0.25, 0.3) is 0 Å². The first-order valence-corrected chi connectivity index (χ1v) is 7.43. The largest absolute Gasteiger partial charge is 0.493 e. The summed E-state index contributed by atoms with van der Waals surface area (Å²) in [5.74, 6) is -4.23. The van der Waals surface area contributed by atoms with Gasteiger partial charge in [-0.25, -0.2) is 4.39 Å². The standard InChI is InChI=1S/C19H20FNO3/c20-15-3-1-13(2-4-15)17-7-8-21-10-14(17)11-22-16-5-6-18-19(9-16)24-12-23-18/h1-6,9,14,17,21H,7-8,10-12H2/t14-,17?/m1/s1/i1D,2D,3D,4D,10D2,12D2,14D. The Kier molecular flexibility index (Phi) is 2.29. The van der Waals surface area contributed by atoms with Gasteiger partial charge >= 0.3 is 0 Å². The zero-order chi connectivity index (χ0) is 24.3. The Labute approximate surface area is 153 Å². The lowest BCUT2D eigenvalue weighted by Crippen LogP contribution is -2.38. The predicted molar refractivity (Wildman–Crippen MR) is 88.2 cm³/mol. The fourth-order valence-corrected chi connectivity index (χ4v) is 2.60. The molecule has 2 aliphatic rings. The van der Waals surface area contributed by atoms with Crippen LogP contribution < -0.4 is 19.5 Å². The van der Waals surface area contributed by atoms with Gasteiger partial charge in [0.1, 0.15) is 14.3 Å². The molecule has 0 spiro atoms. The summed E-state index contributed by atoms with van der Waals surface area (Å²) < 4.78 is 102. The Morgan fingerprint density at radius 3 is 3.00 bits per heavy atom. The van der Waals surface area contributed by atoms with Crippen molar-refractivity contribution in [2.24, 2.45) is 5.89 Å². The van der Waals surface area contributed by atoms with Crippen LogP contribution in [0.5, 0.6) is 17.2 Å². The maximum Gasteiger partial charge on any atom is 0.231 e. The van der Waals surface area contributed by atoms with Gasteiger partial charge in [-0.15, -0.1) is 0 Å². The van der Waals surface area contributed by atoms with Crippen LogP contribution >= 0.6 is 0 Å². The number of hydrogen-bond acceptors (Lipinski definition) is 4. The van der Waals surface area contributed by atoms with Crippen LogP contribution in [0.15, 0.2) is 42.4 Å². The monoisotopic (exact) mass is 338 g/mol. The summed E-state index contributed by atoms with van der Waals surface area (Å²) in [4.78, 5) is 0. The van der Waals surface area contributed by atoms with Crippen molar-refractivity contribution in [3.63, 3.8) is 0 Å². The van der Waals surface area contributed by atoms with Crippen molar-refractivity contribution >= 4 is 0 Å². The average Bonchev–Trinajstić information content (AvgIpc) is 3.05. The van der Waals surface area contributed by atoms with Gasteiger partial charge in [0, 0.05) is 22.6 Å². The molecule has 0 radical (unpaired) electrons. The molecule has 1 fully saturated rings. The number of piperidine rings is 1. The molecule has 2 aliphatic heterocycles. The molecule has 2 aromatic carbocycles. The third-order valence-electron chi connectivity index (χ3n) is 3.80. The van der Waals surface area contributed by atoms with Gasteiger partial charge in [0.05, 0.1) is 12.1 Å². The Bertz CT molecular complexity index is 1090. The summed E-state index contributed by atoms with van der Waals surface area (Å²) in [5.41, 5.74) is -0.241. The van der Waals surface area contributed by atoms with Gasteiger partial charge in [0.15, 0.2) is 11.5 Å². The van der Waals surface area contributed by atoms with Crippen LogP contribution in [0, 0.1) is 11.7 Å². The molecule has 0 aliphatic carbocycles. The number of benzene rings is 2. The number of halogens is 1. The fraction of sp³-hybridized carbons (Fsp3) is 0.368. The minimum atomic E-state index is -2.36. The zero-order valence-corrected chi connectivity index (χ0v) is 12.5. The van der Waals surface area contributed by atoms with Gasteiger partial charge in [0.2, 0.25) is 6.75 Å². The van der Waals surface area contributed by atoms with Crippen molar-refractivity contribution in [3.05, 3.63) is 53.7 Å². The molecule has 0 aromatic heterocycles. The van der Waals surface area contributed by atoms with Crippen LogP contribution in [0.2, 0.25) is 0 Å². The first kappa shape index (κ1) is 8.21. The van der Waals surface area contributed by atoms with Gasteiger partial charge in [0.25, 0.3) is 0 Å². The third-order valence-corrected chi connectivity index (χ3v) is 3.80. The minimum absolute atomic E-state index is 0.0657. The van der Waals surface area contributed by atoms with E-state index in [0.717, 1.165) is 0 Å². The molecule has 5 heteroatoms. The van der Waals surface area contributed by atoms with Crippen molar-refractivity contribution in [3.8, 4) is 17.2 Å². The van der Waals surface area contributed by atoms with Gasteiger partial charge in [-0.05, 0) is 48.7 Å². The molecule has 4 rings (SSSR count). The van der Waals surface area contributed by atoms with Gasteiger partial charge in [-0.1, -0.05) is 12.1 Å². The zero-order valence-electron chi connectivity index (χ0n) is 21.5. The quantitative estimate of drug-likeness (QED) is 0.928. The van der Waals surface area contributed by atoms with Crippen LogP contribution in [0.3, 0.4) is 0 Å². The summed E-state index contributed by atoms with van der Waals surface area (Å²) >= 11 is 0. The molecule has 1 N–H and O–H groups in total. The summed E-state index contributed by atoms with van der Waals surface area (Å²) in [5, 5.41) is 2.60. The van der Waals surface area contributed by atoms with Gasteiger partial charge in [-0.3, -0.25) is 0 Å². The Balaban J connectivity index is 1.70. The highest BCUT2D eigenvalue weighted by Gasteiger charge is 2.27. The molecule has 2 atom stereocenters. The number of rotatable bonds is 4. The second-order valence-electron chi connectivity index (χ2n) is 5.33. The van der Waals surface area contributed by atoms with Crippen LogP contribution in [0.1, 0.15) is 30.2 Å². The first-order valence-electron chi connectivity index (χ1n) is 11.9. The fourth-order valence-electron chi connectivity index (χ4n) is 2.60. The van der Waals surface area contributed by atoms with Gasteiger partial charge in [-0.2, -0.15) is 0 Å². The maximum atomic E-state index is 14.1. The average molecular weight is 338 g/mol. The molecule has 0 saturated carbocycles. The summed E-state index contributed by atoms with van der Waals surface area (Å²) in [6, 6.07) is 1.10. The molecule has 4 nitrogen and oxygen atoms in total. The summed E-state index contributed by atoms with van der Waals surface area (Å²) in [6.45, 7) is -5.18. The molecule has 2 aromatic rings. The van der Waals surface area contributed by atoms with E-state index in [1.165, 1.54) is 18.2 Å². The maximum absolute atomic E-state index is 14.1. The van der Waals surface area contributed by atoms with E-state index in [2.05, 4.69) is 5.32 Å². The third kappa shape index (κ3) is 3.17. The highest BCUT2D eigenvalue weighted by molar-refractivity contribution is 5.46. The minimum Gasteiger partial charge on any atom is -0.493 e. The van der Waals surface area contributed by atoms with Gasteiger partial charge < -0.3 is 19.5 Å². The van der Waals surface area contributed by atoms with Crippen LogP contribution in [-0.2, 0) is 0 Å². The van der Waals surface area contributed by atoms with E-state index in [-0.39, 0.29) is 35.8 Å². The Morgan fingerprint density at radius 1 is 1.29 bits per heavy atom. The molecular formula is C19H20FNO3. The van der Waals surface area contributed by atoms with E-state index in [1.807, 2.05) is 0 Å².